The van der Waals surface area contributed by atoms with Crippen molar-refractivity contribution in [2.75, 3.05) is 17.2 Å². The fourth-order valence-corrected chi connectivity index (χ4v) is 2.25. The standard InChI is InChI=1S/C16H16N4O3/c1-10(18-16(22)19-12-3-2-6-17-8-12)11-4-5-14-13(7-11)20-15(21)9-23-14/h2-8,10H,9H2,1H3,(H,20,21)(H2,18,19,22)/t10-/m0/s1. The van der Waals surface area contributed by atoms with E-state index >= 15 is 0 Å². The molecule has 23 heavy (non-hydrogen) atoms. The molecular weight excluding hydrogens is 296 g/mol. The Morgan fingerprint density at radius 1 is 1.39 bits per heavy atom. The fourth-order valence-electron chi connectivity index (χ4n) is 2.25. The van der Waals surface area contributed by atoms with Crippen molar-refractivity contribution < 1.29 is 14.3 Å². The molecule has 1 aromatic heterocycles. The summed E-state index contributed by atoms with van der Waals surface area (Å²) >= 11 is 0. The number of carbonyl (C=O) groups is 2. The Morgan fingerprint density at radius 3 is 3.04 bits per heavy atom. The highest BCUT2D eigenvalue weighted by molar-refractivity contribution is 5.95. The second kappa shape index (κ2) is 6.35. The van der Waals surface area contributed by atoms with Crippen LogP contribution in [0, 0.1) is 0 Å². The molecular formula is C16H16N4O3. The van der Waals surface area contributed by atoms with Gasteiger partial charge < -0.3 is 20.7 Å². The predicted molar refractivity (Wildman–Crippen MR) is 85.4 cm³/mol. The number of anilines is 2. The van der Waals surface area contributed by atoms with E-state index in [-0.39, 0.29) is 24.6 Å². The molecule has 3 N–H and O–H groups in total. The molecule has 3 rings (SSSR count). The number of ether oxygens (including phenoxy) is 1. The maximum Gasteiger partial charge on any atom is 0.319 e. The lowest BCUT2D eigenvalue weighted by Gasteiger charge is -2.21. The largest absolute Gasteiger partial charge is 0.482 e. The van der Waals surface area contributed by atoms with Crippen LogP contribution in [0.15, 0.2) is 42.7 Å². The van der Waals surface area contributed by atoms with Gasteiger partial charge in [0.1, 0.15) is 5.75 Å². The molecule has 7 nitrogen and oxygen atoms in total. The van der Waals surface area contributed by atoms with Crippen molar-refractivity contribution in [2.24, 2.45) is 0 Å². The van der Waals surface area contributed by atoms with Crippen LogP contribution in [0.5, 0.6) is 5.75 Å². The lowest BCUT2D eigenvalue weighted by atomic mass is 10.1. The first kappa shape index (κ1) is 14.8. The van der Waals surface area contributed by atoms with Gasteiger partial charge >= 0.3 is 6.03 Å². The number of benzene rings is 1. The SMILES string of the molecule is C[C@H](NC(=O)Nc1cccnc1)c1ccc2c(c1)NC(=O)CO2. The summed E-state index contributed by atoms with van der Waals surface area (Å²) in [4.78, 5) is 27.3. The molecule has 1 aromatic carbocycles. The number of pyridine rings is 1. The van der Waals surface area contributed by atoms with Gasteiger partial charge in [-0.2, -0.15) is 0 Å². The number of rotatable bonds is 3. The minimum atomic E-state index is -0.330. The molecule has 2 aromatic rings. The summed E-state index contributed by atoms with van der Waals surface area (Å²) in [5.41, 5.74) is 2.08. The molecule has 0 spiro atoms. The highest BCUT2D eigenvalue weighted by Gasteiger charge is 2.18. The lowest BCUT2D eigenvalue weighted by molar-refractivity contribution is -0.118. The number of hydrogen-bond acceptors (Lipinski definition) is 4. The van der Waals surface area contributed by atoms with Crippen molar-refractivity contribution in [3.05, 3.63) is 48.3 Å². The first-order chi connectivity index (χ1) is 11.1. The van der Waals surface area contributed by atoms with Gasteiger partial charge in [0.25, 0.3) is 5.91 Å². The molecule has 0 radical (unpaired) electrons. The third-order valence-electron chi connectivity index (χ3n) is 3.40. The Labute approximate surface area is 133 Å². The Morgan fingerprint density at radius 2 is 2.26 bits per heavy atom. The quantitative estimate of drug-likeness (QED) is 0.811. The number of fused-ring (bicyclic) bond motifs is 1. The van der Waals surface area contributed by atoms with Gasteiger partial charge in [-0.05, 0) is 36.8 Å². The summed E-state index contributed by atoms with van der Waals surface area (Å²) in [7, 11) is 0. The minimum Gasteiger partial charge on any atom is -0.482 e. The van der Waals surface area contributed by atoms with Crippen molar-refractivity contribution in [3.63, 3.8) is 0 Å². The maximum atomic E-state index is 12.0. The van der Waals surface area contributed by atoms with Crippen LogP contribution >= 0.6 is 0 Å². The van der Waals surface area contributed by atoms with Gasteiger partial charge in [0.2, 0.25) is 0 Å². The molecule has 0 saturated carbocycles. The average molecular weight is 312 g/mol. The summed E-state index contributed by atoms with van der Waals surface area (Å²) in [5, 5.41) is 8.28. The summed E-state index contributed by atoms with van der Waals surface area (Å²) < 4.78 is 5.31. The van der Waals surface area contributed by atoms with E-state index in [1.165, 1.54) is 0 Å². The summed E-state index contributed by atoms with van der Waals surface area (Å²) in [5.74, 6) is 0.435. The van der Waals surface area contributed by atoms with Crippen LogP contribution in [-0.4, -0.2) is 23.5 Å². The number of carbonyl (C=O) groups excluding carboxylic acids is 2. The Kier molecular flexibility index (Phi) is 4.09. The maximum absolute atomic E-state index is 12.0. The van der Waals surface area contributed by atoms with E-state index in [9.17, 15) is 9.59 Å². The number of nitrogens with one attached hydrogen (secondary N) is 3. The normalized spacial score (nSPS) is 14.0. The highest BCUT2D eigenvalue weighted by Crippen LogP contribution is 2.30. The van der Waals surface area contributed by atoms with E-state index in [0.29, 0.717) is 17.1 Å². The van der Waals surface area contributed by atoms with Crippen LogP contribution in [0.25, 0.3) is 0 Å². The summed E-state index contributed by atoms with van der Waals surface area (Å²) in [6.07, 6.45) is 3.20. The molecule has 2 heterocycles. The molecule has 0 saturated heterocycles. The van der Waals surface area contributed by atoms with Crippen molar-refractivity contribution in [1.29, 1.82) is 0 Å². The molecule has 7 heteroatoms. The van der Waals surface area contributed by atoms with Gasteiger partial charge in [-0.25, -0.2) is 4.79 Å². The van der Waals surface area contributed by atoms with Gasteiger partial charge in [0, 0.05) is 6.20 Å². The third kappa shape index (κ3) is 3.57. The van der Waals surface area contributed by atoms with E-state index in [2.05, 4.69) is 20.9 Å². The molecule has 1 aliphatic rings. The number of amides is 3. The Hall–Kier alpha value is -3.09. The van der Waals surface area contributed by atoms with Gasteiger partial charge in [0.05, 0.1) is 23.6 Å². The zero-order valence-electron chi connectivity index (χ0n) is 12.5. The molecule has 1 aliphatic heterocycles. The van der Waals surface area contributed by atoms with Crippen LogP contribution in [0.1, 0.15) is 18.5 Å². The molecule has 1 atom stereocenters. The zero-order chi connectivity index (χ0) is 16.2. The van der Waals surface area contributed by atoms with E-state index in [0.717, 1.165) is 5.56 Å². The van der Waals surface area contributed by atoms with Crippen LogP contribution in [-0.2, 0) is 4.79 Å². The molecule has 0 bridgehead atoms. The number of aromatic nitrogens is 1. The zero-order valence-corrected chi connectivity index (χ0v) is 12.5. The highest BCUT2D eigenvalue weighted by atomic mass is 16.5. The Bertz CT molecular complexity index is 733. The molecule has 0 aliphatic carbocycles. The monoisotopic (exact) mass is 312 g/mol. The molecule has 0 fully saturated rings. The second-order valence-electron chi connectivity index (χ2n) is 5.15. The van der Waals surface area contributed by atoms with Crippen LogP contribution < -0.4 is 20.7 Å². The molecule has 0 unspecified atom stereocenters. The lowest BCUT2D eigenvalue weighted by Crippen LogP contribution is -2.31. The van der Waals surface area contributed by atoms with E-state index < -0.39 is 0 Å². The topological polar surface area (TPSA) is 92.4 Å². The average Bonchev–Trinajstić information content (AvgIpc) is 2.54. The van der Waals surface area contributed by atoms with E-state index in [1.54, 1.807) is 36.7 Å². The van der Waals surface area contributed by atoms with Crippen LogP contribution in [0.2, 0.25) is 0 Å². The van der Waals surface area contributed by atoms with Crippen molar-refractivity contribution in [1.82, 2.24) is 10.3 Å². The Balaban J connectivity index is 1.66. The van der Waals surface area contributed by atoms with Crippen molar-refractivity contribution in [2.45, 2.75) is 13.0 Å². The van der Waals surface area contributed by atoms with Crippen molar-refractivity contribution >= 4 is 23.3 Å². The first-order valence-electron chi connectivity index (χ1n) is 7.16. The van der Waals surface area contributed by atoms with Gasteiger partial charge in [-0.3, -0.25) is 9.78 Å². The number of urea groups is 1. The molecule has 3 amide bonds. The first-order valence-corrected chi connectivity index (χ1v) is 7.16. The molecule has 118 valence electrons. The van der Waals surface area contributed by atoms with Gasteiger partial charge in [-0.15, -0.1) is 0 Å². The summed E-state index contributed by atoms with van der Waals surface area (Å²) in [6, 6.07) is 8.35. The van der Waals surface area contributed by atoms with E-state index in [4.69, 9.17) is 4.74 Å². The van der Waals surface area contributed by atoms with Crippen LogP contribution in [0.3, 0.4) is 0 Å². The fraction of sp³-hybridized carbons (Fsp3) is 0.188. The third-order valence-corrected chi connectivity index (χ3v) is 3.40. The van der Waals surface area contributed by atoms with Crippen molar-refractivity contribution in [3.8, 4) is 5.75 Å². The summed E-state index contributed by atoms with van der Waals surface area (Å²) in [6.45, 7) is 1.88. The smallest absolute Gasteiger partial charge is 0.319 e. The number of hydrogen-bond donors (Lipinski definition) is 3. The predicted octanol–water partition coefficient (Wildman–Crippen LogP) is 2.30. The second-order valence-corrected chi connectivity index (χ2v) is 5.15. The number of nitrogens with zero attached hydrogens (tertiary/aromatic N) is 1. The van der Waals surface area contributed by atoms with Gasteiger partial charge in [-0.1, -0.05) is 6.07 Å². The van der Waals surface area contributed by atoms with Gasteiger partial charge in [0.15, 0.2) is 6.61 Å². The minimum absolute atomic E-state index is 0.0215. The van der Waals surface area contributed by atoms with Crippen LogP contribution in [0.4, 0.5) is 16.2 Å². The van der Waals surface area contributed by atoms with E-state index in [1.807, 2.05) is 13.0 Å².